The fourth-order valence-electron chi connectivity index (χ4n) is 3.85. The fraction of sp³-hybridized carbons (Fsp3) is 0.333. The Bertz CT molecular complexity index is 1060. The molecule has 1 amide bonds. The number of nitrogens with zero attached hydrogens (tertiary/aromatic N) is 4. The van der Waals surface area contributed by atoms with Crippen molar-refractivity contribution in [2.24, 2.45) is 5.92 Å². The lowest BCUT2D eigenvalue weighted by molar-refractivity contribution is -0.135. The van der Waals surface area contributed by atoms with Gasteiger partial charge in [0, 0.05) is 54.6 Å². The van der Waals surface area contributed by atoms with Gasteiger partial charge in [-0.05, 0) is 43.2 Å². The number of piperidine rings is 1. The van der Waals surface area contributed by atoms with Crippen molar-refractivity contribution < 1.29 is 9.18 Å². The van der Waals surface area contributed by atoms with E-state index < -0.39 is 0 Å². The maximum Gasteiger partial charge on any atom is 0.225 e. The third kappa shape index (κ3) is 5.05. The van der Waals surface area contributed by atoms with Gasteiger partial charge in [-0.2, -0.15) is 0 Å². The summed E-state index contributed by atoms with van der Waals surface area (Å²) in [7, 11) is 0. The van der Waals surface area contributed by atoms with Gasteiger partial charge < -0.3 is 10.2 Å². The lowest BCUT2D eigenvalue weighted by atomic mass is 9.96. The van der Waals surface area contributed by atoms with Crippen molar-refractivity contribution in [1.82, 2.24) is 19.9 Å². The van der Waals surface area contributed by atoms with Crippen LogP contribution in [0, 0.1) is 11.7 Å². The van der Waals surface area contributed by atoms with Crippen LogP contribution in [0.2, 0.25) is 0 Å². The molecule has 1 aromatic carbocycles. The minimum Gasteiger partial charge on any atom is -0.342 e. The van der Waals surface area contributed by atoms with E-state index in [2.05, 4.69) is 10.3 Å². The van der Waals surface area contributed by atoms with Crippen LogP contribution in [-0.2, 0) is 4.79 Å². The molecular formula is C24H26FN5O. The number of hydrogen-bond acceptors (Lipinski definition) is 5. The van der Waals surface area contributed by atoms with E-state index in [-0.39, 0.29) is 23.6 Å². The van der Waals surface area contributed by atoms with Gasteiger partial charge in [0.25, 0.3) is 0 Å². The molecule has 0 bridgehead atoms. The minimum absolute atomic E-state index is 0.0342. The zero-order chi connectivity index (χ0) is 21.8. The summed E-state index contributed by atoms with van der Waals surface area (Å²) in [6.45, 7) is 5.23. The van der Waals surface area contributed by atoms with Crippen molar-refractivity contribution in [1.29, 1.82) is 0 Å². The normalized spacial score (nSPS) is 16.4. The first-order valence-corrected chi connectivity index (χ1v) is 10.6. The number of amides is 1. The van der Waals surface area contributed by atoms with Crippen LogP contribution in [0.1, 0.15) is 38.4 Å². The first kappa shape index (κ1) is 20.9. The zero-order valence-corrected chi connectivity index (χ0v) is 17.8. The van der Waals surface area contributed by atoms with Crippen molar-refractivity contribution in [2.45, 2.75) is 32.6 Å². The van der Waals surface area contributed by atoms with Crippen molar-refractivity contribution in [3.05, 3.63) is 66.5 Å². The van der Waals surface area contributed by atoms with E-state index in [1.165, 1.54) is 12.1 Å². The molecule has 0 aliphatic carbocycles. The highest BCUT2D eigenvalue weighted by atomic mass is 19.1. The van der Waals surface area contributed by atoms with Crippen LogP contribution in [0.3, 0.4) is 0 Å². The van der Waals surface area contributed by atoms with Gasteiger partial charge in [0.1, 0.15) is 17.5 Å². The number of hydrogen-bond donors (Lipinski definition) is 1. The average molecular weight is 420 g/mol. The third-order valence-electron chi connectivity index (χ3n) is 5.41. The number of benzene rings is 1. The van der Waals surface area contributed by atoms with Crippen LogP contribution in [0.15, 0.2) is 54.9 Å². The molecule has 0 radical (unpaired) electrons. The third-order valence-corrected chi connectivity index (χ3v) is 5.41. The first-order chi connectivity index (χ1) is 15.0. The van der Waals surface area contributed by atoms with Crippen molar-refractivity contribution in [3.8, 4) is 11.3 Å². The second-order valence-electron chi connectivity index (χ2n) is 8.15. The van der Waals surface area contributed by atoms with Gasteiger partial charge >= 0.3 is 0 Å². The van der Waals surface area contributed by atoms with Gasteiger partial charge in [-0.15, -0.1) is 0 Å². The molecule has 3 heterocycles. The first-order valence-electron chi connectivity index (χ1n) is 10.6. The number of likely N-dealkylation sites (tertiary alicyclic amines) is 1. The van der Waals surface area contributed by atoms with Crippen LogP contribution in [0.4, 0.5) is 15.9 Å². The molecule has 1 aliphatic rings. The summed E-state index contributed by atoms with van der Waals surface area (Å²) in [5, 5.41) is 3.20. The van der Waals surface area contributed by atoms with E-state index in [0.717, 1.165) is 30.6 Å². The monoisotopic (exact) mass is 419 g/mol. The minimum atomic E-state index is -0.316. The molecule has 0 saturated carbocycles. The van der Waals surface area contributed by atoms with Crippen molar-refractivity contribution in [3.63, 3.8) is 0 Å². The summed E-state index contributed by atoms with van der Waals surface area (Å²) in [5.74, 6) is 1.14. The predicted molar refractivity (Wildman–Crippen MR) is 118 cm³/mol. The van der Waals surface area contributed by atoms with Gasteiger partial charge in [-0.25, -0.2) is 14.4 Å². The molecule has 2 aromatic heterocycles. The van der Waals surface area contributed by atoms with E-state index in [4.69, 9.17) is 9.97 Å². The lowest BCUT2D eigenvalue weighted by Gasteiger charge is -2.33. The van der Waals surface area contributed by atoms with Gasteiger partial charge in [-0.1, -0.05) is 19.9 Å². The van der Waals surface area contributed by atoms with Crippen LogP contribution in [0.25, 0.3) is 11.3 Å². The summed E-state index contributed by atoms with van der Waals surface area (Å²) in [6.07, 6.45) is 5.28. The van der Waals surface area contributed by atoms with Gasteiger partial charge in [-0.3, -0.25) is 9.78 Å². The molecule has 3 aromatic rings. The number of pyridine rings is 1. The average Bonchev–Trinajstić information content (AvgIpc) is 2.79. The van der Waals surface area contributed by atoms with E-state index in [9.17, 15) is 9.18 Å². The number of anilines is 2. The second kappa shape index (κ2) is 9.20. The molecular weight excluding hydrogens is 393 g/mol. The van der Waals surface area contributed by atoms with Gasteiger partial charge in [0.05, 0.1) is 5.69 Å². The SMILES string of the molecule is CC(C)C(=O)N1CCC[C@H](c2nc(Nc3cccc(F)c3)cc(-c3ccncc3)n2)C1. The summed E-state index contributed by atoms with van der Waals surface area (Å²) in [6, 6.07) is 11.9. The summed E-state index contributed by atoms with van der Waals surface area (Å²) in [4.78, 5) is 28.1. The number of nitrogens with one attached hydrogen (secondary N) is 1. The van der Waals surface area contributed by atoms with E-state index in [0.29, 0.717) is 23.9 Å². The molecule has 1 aliphatic heterocycles. The smallest absolute Gasteiger partial charge is 0.225 e. The molecule has 31 heavy (non-hydrogen) atoms. The summed E-state index contributed by atoms with van der Waals surface area (Å²) < 4.78 is 13.7. The highest BCUT2D eigenvalue weighted by Crippen LogP contribution is 2.29. The van der Waals surface area contributed by atoms with E-state index in [1.54, 1.807) is 24.5 Å². The fourth-order valence-corrected chi connectivity index (χ4v) is 3.85. The number of carbonyl (C=O) groups excluding carboxylic acids is 1. The Morgan fingerprint density at radius 2 is 1.97 bits per heavy atom. The Morgan fingerprint density at radius 1 is 1.16 bits per heavy atom. The Labute approximate surface area is 181 Å². The Morgan fingerprint density at radius 3 is 2.71 bits per heavy atom. The zero-order valence-electron chi connectivity index (χ0n) is 17.8. The van der Waals surface area contributed by atoms with Crippen LogP contribution >= 0.6 is 0 Å². The molecule has 0 unspecified atom stereocenters. The maximum absolute atomic E-state index is 13.7. The van der Waals surface area contributed by atoms with Crippen molar-refractivity contribution in [2.75, 3.05) is 18.4 Å². The standard InChI is InChI=1S/C24H26FN5O/c1-16(2)24(31)30-12-4-5-18(15-30)23-28-21(17-8-10-26-11-9-17)14-22(29-23)27-20-7-3-6-19(25)13-20/h3,6-11,13-14,16,18H,4-5,12,15H2,1-2H3,(H,27,28,29)/t18-/m0/s1. The molecule has 6 nitrogen and oxygen atoms in total. The van der Waals surface area contributed by atoms with Gasteiger partial charge in [0.15, 0.2) is 0 Å². The number of carbonyl (C=O) groups is 1. The predicted octanol–water partition coefficient (Wildman–Crippen LogP) is 4.78. The maximum atomic E-state index is 13.7. The van der Waals surface area contributed by atoms with E-state index in [1.807, 2.05) is 36.9 Å². The number of halogens is 1. The molecule has 7 heteroatoms. The summed E-state index contributed by atoms with van der Waals surface area (Å²) in [5.41, 5.74) is 2.30. The Balaban J connectivity index is 1.68. The summed E-state index contributed by atoms with van der Waals surface area (Å²) >= 11 is 0. The van der Waals surface area contributed by atoms with E-state index >= 15 is 0 Å². The lowest BCUT2D eigenvalue weighted by Crippen LogP contribution is -2.41. The largest absolute Gasteiger partial charge is 0.342 e. The molecule has 4 rings (SSSR count). The second-order valence-corrected chi connectivity index (χ2v) is 8.15. The molecule has 160 valence electrons. The van der Waals surface area contributed by atoms with Crippen molar-refractivity contribution >= 4 is 17.4 Å². The molecule has 1 atom stereocenters. The molecule has 0 spiro atoms. The van der Waals surface area contributed by atoms with Gasteiger partial charge in [0.2, 0.25) is 5.91 Å². The highest BCUT2D eigenvalue weighted by Gasteiger charge is 2.28. The molecule has 1 saturated heterocycles. The van der Waals surface area contributed by atoms with Crippen LogP contribution in [-0.4, -0.2) is 38.8 Å². The van der Waals surface area contributed by atoms with Crippen LogP contribution < -0.4 is 5.32 Å². The number of rotatable bonds is 5. The molecule has 1 fully saturated rings. The number of aromatic nitrogens is 3. The topological polar surface area (TPSA) is 71.0 Å². The quantitative estimate of drug-likeness (QED) is 0.644. The molecule has 1 N–H and O–H groups in total. The highest BCUT2D eigenvalue weighted by molar-refractivity contribution is 5.78. The van der Waals surface area contributed by atoms with Crippen LogP contribution in [0.5, 0.6) is 0 Å². The Kier molecular flexibility index (Phi) is 6.21. The Hall–Kier alpha value is -3.35.